The quantitative estimate of drug-likeness (QED) is 0.738. The fourth-order valence-corrected chi connectivity index (χ4v) is 3.50. The maximum Gasteiger partial charge on any atom is 0.0789 e. The molecule has 17 heavy (non-hydrogen) atoms. The molecule has 0 aliphatic carbocycles. The van der Waals surface area contributed by atoms with Crippen LogP contribution in [0.25, 0.3) is 6.08 Å². The van der Waals surface area contributed by atoms with Crippen LogP contribution >= 0.6 is 27.5 Å². The maximum absolute atomic E-state index is 6.53. The van der Waals surface area contributed by atoms with Crippen molar-refractivity contribution in [1.82, 2.24) is 9.88 Å². The van der Waals surface area contributed by atoms with Crippen LogP contribution in [0, 0.1) is 5.92 Å². The van der Waals surface area contributed by atoms with Crippen molar-refractivity contribution in [2.75, 3.05) is 13.1 Å². The lowest BCUT2D eigenvalue weighted by molar-refractivity contribution is 0.166. The van der Waals surface area contributed by atoms with Crippen LogP contribution in [0.5, 0.6) is 0 Å². The second-order valence-corrected chi connectivity index (χ2v) is 5.99. The third-order valence-electron chi connectivity index (χ3n) is 3.67. The highest BCUT2D eigenvalue weighted by Gasteiger charge is 2.36. The molecule has 0 aromatic carbocycles. The van der Waals surface area contributed by atoms with Crippen LogP contribution in [0.1, 0.15) is 18.5 Å². The lowest BCUT2D eigenvalue weighted by atomic mass is 9.85. The molecule has 2 nitrogen and oxygen atoms in total. The molecule has 3 aliphatic rings. The van der Waals surface area contributed by atoms with E-state index in [4.69, 9.17) is 11.6 Å². The van der Waals surface area contributed by atoms with Gasteiger partial charge in [-0.3, -0.25) is 4.98 Å². The van der Waals surface area contributed by atoms with Gasteiger partial charge in [-0.1, -0.05) is 0 Å². The monoisotopic (exact) mass is 312 g/mol. The average Bonchev–Trinajstić information content (AvgIpc) is 2.36. The van der Waals surface area contributed by atoms with E-state index >= 15 is 0 Å². The van der Waals surface area contributed by atoms with Gasteiger partial charge in [0, 0.05) is 29.5 Å². The summed E-state index contributed by atoms with van der Waals surface area (Å²) in [6.07, 6.45) is 6.41. The Balaban J connectivity index is 1.96. The summed E-state index contributed by atoms with van der Waals surface area (Å²) in [6.45, 7) is 2.29. The average molecular weight is 314 g/mol. The molecule has 0 radical (unpaired) electrons. The van der Waals surface area contributed by atoms with Crippen molar-refractivity contribution in [1.29, 1.82) is 0 Å². The highest BCUT2D eigenvalue weighted by Crippen LogP contribution is 2.39. The van der Waals surface area contributed by atoms with E-state index in [1.165, 1.54) is 18.5 Å². The molecule has 90 valence electrons. The van der Waals surface area contributed by atoms with Gasteiger partial charge in [-0.15, -0.1) is 11.6 Å². The Labute approximate surface area is 115 Å². The number of allylic oxidation sites excluding steroid dienone is 1. The van der Waals surface area contributed by atoms with Crippen molar-refractivity contribution >= 4 is 33.6 Å². The van der Waals surface area contributed by atoms with E-state index in [0.29, 0.717) is 5.92 Å². The van der Waals surface area contributed by atoms with Crippen LogP contribution in [0.2, 0.25) is 0 Å². The van der Waals surface area contributed by atoms with Gasteiger partial charge >= 0.3 is 0 Å². The van der Waals surface area contributed by atoms with Gasteiger partial charge in [-0.25, -0.2) is 0 Å². The van der Waals surface area contributed by atoms with Crippen LogP contribution in [0.15, 0.2) is 28.5 Å². The fraction of sp³-hybridized carbons (Fsp3) is 0.462. The Morgan fingerprint density at radius 1 is 1.41 bits per heavy atom. The Hall–Kier alpha value is -0.540. The summed E-state index contributed by atoms with van der Waals surface area (Å²) in [5.41, 5.74) is 2.22. The molecule has 1 aromatic rings. The molecule has 0 saturated carbocycles. The number of nitrogens with zero attached hydrogens (tertiary/aromatic N) is 2. The van der Waals surface area contributed by atoms with Crippen molar-refractivity contribution in [3.8, 4) is 0 Å². The predicted octanol–water partition coefficient (Wildman–Crippen LogP) is 3.52. The normalized spacial score (nSPS) is 30.0. The lowest BCUT2D eigenvalue weighted by Gasteiger charge is -2.45. The van der Waals surface area contributed by atoms with Gasteiger partial charge in [0.05, 0.1) is 11.1 Å². The van der Waals surface area contributed by atoms with E-state index in [0.717, 1.165) is 23.3 Å². The van der Waals surface area contributed by atoms with Crippen LogP contribution in [0.3, 0.4) is 0 Å². The summed E-state index contributed by atoms with van der Waals surface area (Å²) in [4.78, 5) is 6.78. The number of hydrogen-bond donors (Lipinski definition) is 0. The number of rotatable bonds is 1. The van der Waals surface area contributed by atoms with Gasteiger partial charge in [-0.2, -0.15) is 0 Å². The lowest BCUT2D eigenvalue weighted by Crippen LogP contribution is -2.46. The molecule has 0 N–H and O–H groups in total. The van der Waals surface area contributed by atoms with E-state index in [1.807, 2.05) is 18.3 Å². The molecule has 1 unspecified atom stereocenters. The fourth-order valence-electron chi connectivity index (χ4n) is 2.68. The minimum atomic E-state index is 0.159. The van der Waals surface area contributed by atoms with E-state index in [-0.39, 0.29) is 5.38 Å². The molecule has 3 fully saturated rings. The van der Waals surface area contributed by atoms with Gasteiger partial charge < -0.3 is 4.90 Å². The van der Waals surface area contributed by atoms with E-state index in [9.17, 15) is 0 Å². The van der Waals surface area contributed by atoms with Crippen molar-refractivity contribution < 1.29 is 0 Å². The predicted molar refractivity (Wildman–Crippen MR) is 73.9 cm³/mol. The third-order valence-corrected chi connectivity index (χ3v) is 4.92. The molecule has 0 spiro atoms. The largest absolute Gasteiger partial charge is 0.374 e. The maximum atomic E-state index is 6.53. The van der Waals surface area contributed by atoms with Crippen molar-refractivity contribution in [2.45, 2.75) is 18.2 Å². The Bertz CT molecular complexity index is 448. The minimum Gasteiger partial charge on any atom is -0.374 e. The van der Waals surface area contributed by atoms with Gasteiger partial charge in [0.25, 0.3) is 0 Å². The van der Waals surface area contributed by atoms with Crippen molar-refractivity contribution in [3.05, 3.63) is 34.2 Å². The molecule has 1 aromatic heterocycles. The van der Waals surface area contributed by atoms with Gasteiger partial charge in [-0.05, 0) is 52.9 Å². The minimum absolute atomic E-state index is 0.159. The van der Waals surface area contributed by atoms with Crippen LogP contribution < -0.4 is 0 Å². The first-order valence-electron chi connectivity index (χ1n) is 5.97. The third kappa shape index (κ3) is 2.11. The zero-order valence-corrected chi connectivity index (χ0v) is 11.8. The Morgan fingerprint density at radius 3 is 2.82 bits per heavy atom. The van der Waals surface area contributed by atoms with Gasteiger partial charge in [0.1, 0.15) is 0 Å². The number of piperidine rings is 3. The highest BCUT2D eigenvalue weighted by atomic mass is 79.9. The van der Waals surface area contributed by atoms with Crippen molar-refractivity contribution in [3.63, 3.8) is 0 Å². The topological polar surface area (TPSA) is 16.1 Å². The van der Waals surface area contributed by atoms with Crippen LogP contribution in [-0.2, 0) is 0 Å². The number of aromatic nitrogens is 1. The number of alkyl halides is 1. The Morgan fingerprint density at radius 2 is 2.18 bits per heavy atom. The van der Waals surface area contributed by atoms with Gasteiger partial charge in [0.2, 0.25) is 0 Å². The van der Waals surface area contributed by atoms with Crippen LogP contribution in [0.4, 0.5) is 0 Å². The summed E-state index contributed by atoms with van der Waals surface area (Å²) >= 11 is 10.1. The number of pyridine rings is 1. The SMILES string of the molecule is ClC1/C(=C/c2ncccc2Br)N2CCC1CC2. The summed E-state index contributed by atoms with van der Waals surface area (Å²) in [7, 11) is 0. The molecule has 4 heteroatoms. The summed E-state index contributed by atoms with van der Waals surface area (Å²) in [5.74, 6) is 0.649. The first kappa shape index (κ1) is 11.5. The van der Waals surface area contributed by atoms with Crippen molar-refractivity contribution in [2.24, 2.45) is 5.92 Å². The molecular weight excluding hydrogens is 300 g/mol. The smallest absolute Gasteiger partial charge is 0.0789 e. The molecule has 3 saturated heterocycles. The molecule has 3 aliphatic heterocycles. The zero-order chi connectivity index (χ0) is 11.8. The molecule has 0 amide bonds. The number of halogens is 2. The molecule has 2 bridgehead atoms. The number of fused-ring (bicyclic) bond motifs is 3. The Kier molecular flexibility index (Phi) is 3.14. The highest BCUT2D eigenvalue weighted by molar-refractivity contribution is 9.10. The second-order valence-electron chi connectivity index (χ2n) is 4.67. The molecule has 1 atom stereocenters. The molecular formula is C13H14BrClN2. The second kappa shape index (κ2) is 4.62. The van der Waals surface area contributed by atoms with E-state index < -0.39 is 0 Å². The van der Waals surface area contributed by atoms with E-state index in [1.54, 1.807) is 0 Å². The number of hydrogen-bond acceptors (Lipinski definition) is 2. The van der Waals surface area contributed by atoms with E-state index in [2.05, 4.69) is 31.9 Å². The van der Waals surface area contributed by atoms with Crippen LogP contribution in [-0.4, -0.2) is 28.4 Å². The summed E-state index contributed by atoms with van der Waals surface area (Å²) in [6, 6.07) is 3.94. The van der Waals surface area contributed by atoms with Gasteiger partial charge in [0.15, 0.2) is 0 Å². The zero-order valence-electron chi connectivity index (χ0n) is 9.44. The summed E-state index contributed by atoms with van der Waals surface area (Å²) < 4.78 is 1.03. The molecule has 4 rings (SSSR count). The first-order valence-corrected chi connectivity index (χ1v) is 7.20. The summed E-state index contributed by atoms with van der Waals surface area (Å²) in [5, 5.41) is 0.159. The first-order chi connectivity index (χ1) is 8.25. The molecule has 4 heterocycles. The standard InChI is InChI=1S/C13H14BrClN2/c14-10-2-1-5-16-11(10)8-12-13(15)9-3-6-17(12)7-4-9/h1-2,5,8-9,13H,3-4,6-7H2/b12-8-.